The van der Waals surface area contributed by atoms with Crippen LogP contribution in [0.4, 0.5) is 5.69 Å². The molecule has 1 N–H and O–H groups in total. The van der Waals surface area contributed by atoms with Crippen molar-refractivity contribution in [3.8, 4) is 0 Å². The van der Waals surface area contributed by atoms with E-state index in [9.17, 15) is 8.42 Å². The van der Waals surface area contributed by atoms with Crippen molar-refractivity contribution in [1.82, 2.24) is 4.90 Å². The van der Waals surface area contributed by atoms with Gasteiger partial charge in [0.15, 0.2) is 0 Å². The predicted octanol–water partition coefficient (Wildman–Crippen LogP) is 1.18. The third-order valence-electron chi connectivity index (χ3n) is 2.01. The molecule has 0 atom stereocenters. The normalized spacial score (nSPS) is 11.7. The lowest BCUT2D eigenvalue weighted by atomic mass is 10.3. The van der Waals surface area contributed by atoms with Crippen LogP contribution in [-0.4, -0.2) is 39.7 Å². The number of rotatable bonds is 6. The fourth-order valence-corrected chi connectivity index (χ4v) is 2.36. The van der Waals surface area contributed by atoms with Crippen LogP contribution in [0.15, 0.2) is 24.3 Å². The van der Waals surface area contributed by atoms with Gasteiger partial charge in [-0.15, -0.1) is 0 Å². The first-order valence-corrected chi connectivity index (χ1v) is 6.76. The summed E-state index contributed by atoms with van der Waals surface area (Å²) in [7, 11) is 0.627. The Kier molecular flexibility index (Phi) is 4.76. The number of hydrogen-bond donors (Lipinski definition) is 1. The highest BCUT2D eigenvalue weighted by molar-refractivity contribution is 7.92. The molecule has 1 aromatic rings. The Hall–Kier alpha value is -1.07. The second-order valence-electron chi connectivity index (χ2n) is 3.87. The molecule has 89 valence electrons. The van der Waals surface area contributed by atoms with Crippen LogP contribution in [0.1, 0.15) is 6.42 Å². The number of nitrogens with zero attached hydrogens (tertiary/aromatic N) is 1. The van der Waals surface area contributed by atoms with Gasteiger partial charge >= 0.3 is 0 Å². The van der Waals surface area contributed by atoms with Gasteiger partial charge < -0.3 is 4.90 Å². The van der Waals surface area contributed by atoms with Gasteiger partial charge in [0.1, 0.15) is 0 Å². The maximum Gasteiger partial charge on any atom is 0.232 e. The first kappa shape index (κ1) is 13.0. The standard InChI is InChI=1S/C11H17N2O2S/c1-13(2)9-6-10-16(14,15)12-11-7-4-3-5-8-11/h4-5,7-8,12H,6,9-10H2,1-2H3. The molecule has 0 aliphatic carbocycles. The van der Waals surface area contributed by atoms with E-state index in [2.05, 4.69) is 10.8 Å². The highest BCUT2D eigenvalue weighted by Crippen LogP contribution is 2.08. The van der Waals surface area contributed by atoms with Crippen molar-refractivity contribution in [2.45, 2.75) is 6.42 Å². The van der Waals surface area contributed by atoms with Crippen LogP contribution in [0, 0.1) is 6.07 Å². The molecule has 1 radical (unpaired) electrons. The maximum absolute atomic E-state index is 11.6. The van der Waals surface area contributed by atoms with E-state index in [0.717, 1.165) is 6.54 Å². The minimum atomic E-state index is -3.22. The average Bonchev–Trinajstić information content (AvgIpc) is 2.17. The molecule has 0 heterocycles. The summed E-state index contributed by atoms with van der Waals surface area (Å²) in [5, 5.41) is 0. The summed E-state index contributed by atoms with van der Waals surface area (Å²) >= 11 is 0. The number of hydrogen-bond acceptors (Lipinski definition) is 3. The van der Waals surface area contributed by atoms with Crippen LogP contribution in [0.25, 0.3) is 0 Å². The summed E-state index contributed by atoms with van der Waals surface area (Å²) in [6, 6.07) is 9.56. The molecule has 5 heteroatoms. The van der Waals surface area contributed by atoms with Crippen LogP contribution >= 0.6 is 0 Å². The topological polar surface area (TPSA) is 49.4 Å². The van der Waals surface area contributed by atoms with E-state index in [0.29, 0.717) is 12.1 Å². The number of nitrogens with one attached hydrogen (secondary N) is 1. The van der Waals surface area contributed by atoms with E-state index in [1.807, 2.05) is 19.0 Å². The van der Waals surface area contributed by atoms with Crippen LogP contribution in [0.3, 0.4) is 0 Å². The van der Waals surface area contributed by atoms with Gasteiger partial charge in [-0.05, 0) is 45.3 Å². The highest BCUT2D eigenvalue weighted by atomic mass is 32.2. The third-order valence-corrected chi connectivity index (χ3v) is 3.38. The second kappa shape index (κ2) is 5.86. The lowest BCUT2D eigenvalue weighted by Crippen LogP contribution is -2.21. The Labute approximate surface area is 97.3 Å². The van der Waals surface area contributed by atoms with E-state index in [-0.39, 0.29) is 5.75 Å². The molecule has 1 rings (SSSR count). The van der Waals surface area contributed by atoms with Crippen molar-refractivity contribution in [3.05, 3.63) is 30.3 Å². The fourth-order valence-electron chi connectivity index (χ4n) is 1.26. The zero-order valence-electron chi connectivity index (χ0n) is 9.60. The van der Waals surface area contributed by atoms with E-state index >= 15 is 0 Å². The molecule has 0 spiro atoms. The number of anilines is 1. The van der Waals surface area contributed by atoms with Gasteiger partial charge in [0.2, 0.25) is 10.0 Å². The Bertz CT molecular complexity index is 401. The molecule has 0 fully saturated rings. The summed E-state index contributed by atoms with van der Waals surface area (Å²) in [4.78, 5) is 1.97. The molecule has 0 saturated carbocycles. The van der Waals surface area contributed by atoms with Crippen molar-refractivity contribution >= 4 is 15.7 Å². The quantitative estimate of drug-likeness (QED) is 0.813. The monoisotopic (exact) mass is 241 g/mol. The lowest BCUT2D eigenvalue weighted by Gasteiger charge is -2.10. The zero-order chi connectivity index (χ0) is 12.0. The SMILES string of the molecule is CN(C)CCCS(=O)(=O)Nc1cc[c]cc1. The van der Waals surface area contributed by atoms with Crippen molar-refractivity contribution < 1.29 is 8.42 Å². The smallest absolute Gasteiger partial charge is 0.232 e. The fraction of sp³-hybridized carbons (Fsp3) is 0.455. The van der Waals surface area contributed by atoms with Gasteiger partial charge in [-0.2, -0.15) is 0 Å². The average molecular weight is 241 g/mol. The molecule has 0 amide bonds. The van der Waals surface area contributed by atoms with Gasteiger partial charge in [0.25, 0.3) is 0 Å². The predicted molar refractivity (Wildman–Crippen MR) is 65.9 cm³/mol. The molecule has 0 aliphatic heterocycles. The first-order chi connectivity index (χ1) is 7.49. The van der Waals surface area contributed by atoms with Crippen LogP contribution in [0.2, 0.25) is 0 Å². The maximum atomic E-state index is 11.6. The first-order valence-electron chi connectivity index (χ1n) is 5.11. The molecular formula is C11H17N2O2S. The molecule has 1 aromatic carbocycles. The third kappa shape index (κ3) is 5.14. The largest absolute Gasteiger partial charge is 0.309 e. The molecule has 0 aliphatic rings. The summed E-state index contributed by atoms with van der Waals surface area (Å²) in [6.45, 7) is 0.767. The molecule has 0 saturated heterocycles. The minimum Gasteiger partial charge on any atom is -0.309 e. The van der Waals surface area contributed by atoms with E-state index < -0.39 is 10.0 Å². The van der Waals surface area contributed by atoms with Crippen LogP contribution < -0.4 is 4.72 Å². The van der Waals surface area contributed by atoms with Crippen molar-refractivity contribution in [3.63, 3.8) is 0 Å². The van der Waals surface area contributed by atoms with Crippen LogP contribution in [-0.2, 0) is 10.0 Å². The lowest BCUT2D eigenvalue weighted by molar-refractivity contribution is 0.408. The minimum absolute atomic E-state index is 0.143. The summed E-state index contributed by atoms with van der Waals surface area (Å²) in [5.74, 6) is 0.143. The summed E-state index contributed by atoms with van der Waals surface area (Å²) < 4.78 is 25.8. The molecular weight excluding hydrogens is 224 g/mol. The number of sulfonamides is 1. The molecule has 0 aromatic heterocycles. The Morgan fingerprint density at radius 3 is 2.50 bits per heavy atom. The van der Waals surface area contributed by atoms with E-state index in [1.54, 1.807) is 24.3 Å². The molecule has 0 bridgehead atoms. The molecule has 4 nitrogen and oxygen atoms in total. The zero-order valence-corrected chi connectivity index (χ0v) is 10.4. The Morgan fingerprint density at radius 2 is 1.94 bits per heavy atom. The van der Waals surface area contributed by atoms with Crippen molar-refractivity contribution in [2.24, 2.45) is 0 Å². The van der Waals surface area contributed by atoms with Gasteiger partial charge in [-0.3, -0.25) is 4.72 Å². The highest BCUT2D eigenvalue weighted by Gasteiger charge is 2.09. The van der Waals surface area contributed by atoms with Gasteiger partial charge in [0.05, 0.1) is 5.75 Å². The summed E-state index contributed by atoms with van der Waals surface area (Å²) in [5.41, 5.74) is 0.587. The molecule has 0 unspecified atom stereocenters. The molecule has 16 heavy (non-hydrogen) atoms. The Balaban J connectivity index is 2.46. The van der Waals surface area contributed by atoms with Crippen molar-refractivity contribution in [1.29, 1.82) is 0 Å². The second-order valence-corrected chi connectivity index (χ2v) is 5.71. The van der Waals surface area contributed by atoms with E-state index in [1.165, 1.54) is 0 Å². The van der Waals surface area contributed by atoms with Crippen LogP contribution in [0.5, 0.6) is 0 Å². The van der Waals surface area contributed by atoms with Crippen molar-refractivity contribution in [2.75, 3.05) is 31.1 Å². The van der Waals surface area contributed by atoms with E-state index in [4.69, 9.17) is 0 Å². The summed E-state index contributed by atoms with van der Waals surface area (Å²) in [6.07, 6.45) is 0.626. The van der Waals surface area contributed by atoms with Gasteiger partial charge in [-0.1, -0.05) is 12.1 Å². The van der Waals surface area contributed by atoms with Gasteiger partial charge in [0, 0.05) is 5.69 Å². The van der Waals surface area contributed by atoms with Gasteiger partial charge in [-0.25, -0.2) is 8.42 Å². The Morgan fingerprint density at radius 1 is 1.31 bits per heavy atom. The number of benzene rings is 1.